The van der Waals surface area contributed by atoms with Crippen LogP contribution in [0, 0.1) is 5.92 Å². The van der Waals surface area contributed by atoms with E-state index in [-0.39, 0.29) is 25.0 Å². The summed E-state index contributed by atoms with van der Waals surface area (Å²) in [6.07, 6.45) is 1.04. The second-order valence-electron chi connectivity index (χ2n) is 2.59. The van der Waals surface area contributed by atoms with E-state index in [0.29, 0.717) is 0 Å². The van der Waals surface area contributed by atoms with Crippen LogP contribution >= 0.6 is 11.6 Å². The molecule has 0 N–H and O–H groups in total. The first kappa shape index (κ1) is 13.0. The summed E-state index contributed by atoms with van der Waals surface area (Å²) in [6.45, 7) is 4.95. The van der Waals surface area contributed by atoms with E-state index in [1.165, 1.54) is 0 Å². The van der Waals surface area contributed by atoms with Crippen LogP contribution in [0.4, 0.5) is 0 Å². The molecule has 0 rings (SSSR count). The zero-order valence-electron chi connectivity index (χ0n) is 7.99. The molecule has 0 bridgehead atoms. The first-order chi connectivity index (χ1) is 6.61. The highest BCUT2D eigenvalue weighted by Gasteiger charge is 2.12. The van der Waals surface area contributed by atoms with E-state index in [9.17, 15) is 9.59 Å². The standard InChI is InChI=1S/C9H13ClO4/c1-3-8(11)13-4-5-14-9(12)7(2)6-10/h3,7H,1,4-6H2,2H3. The maximum Gasteiger partial charge on any atom is 0.330 e. The minimum atomic E-state index is -0.536. The van der Waals surface area contributed by atoms with E-state index < -0.39 is 11.9 Å². The minimum absolute atomic E-state index is 0.0333. The molecule has 0 fully saturated rings. The fraction of sp³-hybridized carbons (Fsp3) is 0.556. The lowest BCUT2D eigenvalue weighted by Crippen LogP contribution is -2.19. The lowest BCUT2D eigenvalue weighted by molar-refractivity contribution is -0.152. The van der Waals surface area contributed by atoms with E-state index in [4.69, 9.17) is 16.3 Å². The first-order valence-corrected chi connectivity index (χ1v) is 4.67. The van der Waals surface area contributed by atoms with Gasteiger partial charge in [0, 0.05) is 12.0 Å². The molecule has 1 unspecified atom stereocenters. The van der Waals surface area contributed by atoms with E-state index in [0.717, 1.165) is 6.08 Å². The Hall–Kier alpha value is -1.03. The lowest BCUT2D eigenvalue weighted by atomic mass is 10.2. The monoisotopic (exact) mass is 220 g/mol. The molecule has 4 nitrogen and oxygen atoms in total. The quantitative estimate of drug-likeness (QED) is 0.292. The molecule has 0 saturated heterocycles. The Morgan fingerprint density at radius 1 is 1.43 bits per heavy atom. The molecule has 1 atom stereocenters. The number of ether oxygens (including phenoxy) is 2. The Kier molecular flexibility index (Phi) is 6.84. The Labute approximate surface area is 87.8 Å². The Morgan fingerprint density at radius 3 is 2.50 bits per heavy atom. The van der Waals surface area contributed by atoms with Crippen molar-refractivity contribution in [3.8, 4) is 0 Å². The summed E-state index contributed by atoms with van der Waals surface area (Å²) in [4.78, 5) is 21.6. The first-order valence-electron chi connectivity index (χ1n) is 4.13. The molecule has 0 aliphatic heterocycles. The van der Waals surface area contributed by atoms with Crippen molar-refractivity contribution in [3.05, 3.63) is 12.7 Å². The molecule has 0 heterocycles. The van der Waals surface area contributed by atoms with Crippen molar-refractivity contribution in [1.82, 2.24) is 0 Å². The van der Waals surface area contributed by atoms with E-state index in [1.54, 1.807) is 6.92 Å². The van der Waals surface area contributed by atoms with Crippen LogP contribution in [0.25, 0.3) is 0 Å². The van der Waals surface area contributed by atoms with Crippen LogP contribution in [0.5, 0.6) is 0 Å². The third-order valence-electron chi connectivity index (χ3n) is 1.37. The largest absolute Gasteiger partial charge is 0.462 e. The van der Waals surface area contributed by atoms with Crippen molar-refractivity contribution in [3.63, 3.8) is 0 Å². The van der Waals surface area contributed by atoms with Crippen molar-refractivity contribution in [2.24, 2.45) is 5.92 Å². The maximum absolute atomic E-state index is 11.0. The smallest absolute Gasteiger partial charge is 0.330 e. The second kappa shape index (κ2) is 7.38. The summed E-state index contributed by atoms with van der Waals surface area (Å²) >= 11 is 5.43. The van der Waals surface area contributed by atoms with Crippen molar-refractivity contribution < 1.29 is 19.1 Å². The van der Waals surface area contributed by atoms with Gasteiger partial charge in [0.1, 0.15) is 13.2 Å². The van der Waals surface area contributed by atoms with Crippen molar-refractivity contribution in [2.45, 2.75) is 6.92 Å². The molecule has 0 radical (unpaired) electrons. The summed E-state index contributed by atoms with van der Waals surface area (Å²) in [6, 6.07) is 0. The molecular weight excluding hydrogens is 208 g/mol. The fourth-order valence-electron chi connectivity index (χ4n) is 0.549. The Balaban J connectivity index is 3.50. The average molecular weight is 221 g/mol. The summed E-state index contributed by atoms with van der Waals surface area (Å²) in [5, 5.41) is 0. The van der Waals surface area contributed by atoms with Gasteiger partial charge in [0.15, 0.2) is 0 Å². The van der Waals surface area contributed by atoms with Gasteiger partial charge in [0.2, 0.25) is 0 Å². The maximum atomic E-state index is 11.0. The number of carbonyl (C=O) groups is 2. The highest BCUT2D eigenvalue weighted by atomic mass is 35.5. The molecule has 80 valence electrons. The zero-order chi connectivity index (χ0) is 11.0. The van der Waals surface area contributed by atoms with Gasteiger partial charge < -0.3 is 9.47 Å². The highest BCUT2D eigenvalue weighted by molar-refractivity contribution is 6.19. The SMILES string of the molecule is C=CC(=O)OCCOC(=O)C(C)CCl. The molecule has 0 saturated carbocycles. The van der Waals surface area contributed by atoms with Crippen LogP contribution in [0.15, 0.2) is 12.7 Å². The zero-order valence-corrected chi connectivity index (χ0v) is 8.75. The van der Waals surface area contributed by atoms with Crippen LogP contribution in [-0.2, 0) is 19.1 Å². The summed E-state index contributed by atoms with van der Waals surface area (Å²) in [5.41, 5.74) is 0. The van der Waals surface area contributed by atoms with Gasteiger partial charge in [0.05, 0.1) is 5.92 Å². The van der Waals surface area contributed by atoms with Crippen molar-refractivity contribution in [1.29, 1.82) is 0 Å². The topological polar surface area (TPSA) is 52.6 Å². The van der Waals surface area contributed by atoms with Gasteiger partial charge in [-0.05, 0) is 0 Å². The molecule has 0 aliphatic carbocycles. The van der Waals surface area contributed by atoms with E-state index >= 15 is 0 Å². The Morgan fingerprint density at radius 2 is 2.00 bits per heavy atom. The molecule has 0 aromatic carbocycles. The number of alkyl halides is 1. The van der Waals surface area contributed by atoms with Gasteiger partial charge in [0.25, 0.3) is 0 Å². The summed E-state index contributed by atoms with van der Waals surface area (Å²) in [5.74, 6) is -1.06. The predicted molar refractivity (Wildman–Crippen MR) is 52.0 cm³/mol. The van der Waals surface area contributed by atoms with Gasteiger partial charge in [-0.2, -0.15) is 0 Å². The molecule has 0 amide bonds. The van der Waals surface area contributed by atoms with E-state index in [1.807, 2.05) is 0 Å². The Bertz CT molecular complexity index is 215. The van der Waals surface area contributed by atoms with Crippen LogP contribution in [-0.4, -0.2) is 31.0 Å². The summed E-state index contributed by atoms with van der Waals surface area (Å²) in [7, 11) is 0. The third kappa shape index (κ3) is 5.59. The van der Waals surface area contributed by atoms with Gasteiger partial charge in [-0.1, -0.05) is 13.5 Å². The van der Waals surface area contributed by atoms with Crippen molar-refractivity contribution >= 4 is 23.5 Å². The van der Waals surface area contributed by atoms with Gasteiger partial charge >= 0.3 is 11.9 Å². The fourth-order valence-corrected chi connectivity index (χ4v) is 0.675. The molecule has 0 aromatic rings. The number of esters is 2. The van der Waals surface area contributed by atoms with Crippen molar-refractivity contribution in [2.75, 3.05) is 19.1 Å². The van der Waals surface area contributed by atoms with E-state index in [2.05, 4.69) is 11.3 Å². The number of halogens is 1. The van der Waals surface area contributed by atoms with Gasteiger partial charge in [-0.3, -0.25) is 4.79 Å². The highest BCUT2D eigenvalue weighted by Crippen LogP contribution is 2.00. The molecular formula is C9H13ClO4. The van der Waals surface area contributed by atoms with Gasteiger partial charge in [-0.25, -0.2) is 4.79 Å². The number of hydrogen-bond acceptors (Lipinski definition) is 4. The summed E-state index contributed by atoms with van der Waals surface area (Å²) < 4.78 is 9.34. The predicted octanol–water partition coefficient (Wildman–Crippen LogP) is 1.13. The van der Waals surface area contributed by atoms with Crippen LogP contribution in [0.1, 0.15) is 6.92 Å². The molecule has 5 heteroatoms. The molecule has 0 aliphatic rings. The molecule has 0 aromatic heterocycles. The van der Waals surface area contributed by atoms with Crippen LogP contribution in [0.2, 0.25) is 0 Å². The average Bonchev–Trinajstić information content (AvgIpc) is 2.22. The molecule has 0 spiro atoms. The third-order valence-corrected chi connectivity index (χ3v) is 1.84. The number of rotatable bonds is 6. The van der Waals surface area contributed by atoms with Crippen LogP contribution in [0.3, 0.4) is 0 Å². The molecule has 14 heavy (non-hydrogen) atoms. The number of carbonyl (C=O) groups excluding carboxylic acids is 2. The minimum Gasteiger partial charge on any atom is -0.462 e. The number of hydrogen-bond donors (Lipinski definition) is 0. The van der Waals surface area contributed by atoms with Crippen LogP contribution < -0.4 is 0 Å². The second-order valence-corrected chi connectivity index (χ2v) is 2.90. The normalized spacial score (nSPS) is 11.6. The van der Waals surface area contributed by atoms with Gasteiger partial charge in [-0.15, -0.1) is 11.6 Å². The lowest BCUT2D eigenvalue weighted by Gasteiger charge is -2.08.